The topological polar surface area (TPSA) is 124 Å². The lowest BCUT2D eigenvalue weighted by Crippen LogP contribution is -2.43. The average Bonchev–Trinajstić information content (AvgIpc) is 3.33. The minimum atomic E-state index is -4.15. The predicted molar refractivity (Wildman–Crippen MR) is 126 cm³/mol. The summed E-state index contributed by atoms with van der Waals surface area (Å²) in [6.45, 7) is 4.71. The van der Waals surface area contributed by atoms with Crippen LogP contribution in [0.1, 0.15) is 61.1 Å². The van der Waals surface area contributed by atoms with Crippen LogP contribution in [0.25, 0.3) is 0 Å². The van der Waals surface area contributed by atoms with Crippen LogP contribution >= 0.6 is 7.75 Å². The molecule has 0 saturated heterocycles. The Balaban J connectivity index is 1.90. The molecule has 1 aliphatic carbocycles. The maximum Gasteiger partial charge on any atom is 0.459 e. The van der Waals surface area contributed by atoms with Crippen LogP contribution in [0.2, 0.25) is 0 Å². The van der Waals surface area contributed by atoms with Crippen molar-refractivity contribution in [2.75, 3.05) is 0 Å². The number of carbonyl (C=O) groups is 2. The van der Waals surface area contributed by atoms with Gasteiger partial charge in [0.1, 0.15) is 17.5 Å². The van der Waals surface area contributed by atoms with E-state index in [0.717, 1.165) is 25.7 Å². The van der Waals surface area contributed by atoms with Crippen molar-refractivity contribution in [1.29, 1.82) is 0 Å². The van der Waals surface area contributed by atoms with E-state index in [1.807, 2.05) is 0 Å². The third-order valence-corrected chi connectivity index (χ3v) is 7.12. The SMILES string of the molecule is Cc1ncc(COP(=O)(N[C@H](C(=O)OC(C)C)C2CCCC2)Oc2ccccc2)c(C=O)c1O. The first kappa shape index (κ1) is 25.9. The number of aldehydes is 1. The first-order valence-corrected chi connectivity index (χ1v) is 12.9. The zero-order valence-electron chi connectivity index (χ0n) is 19.6. The Morgan fingerprint density at radius 1 is 1.26 bits per heavy atom. The van der Waals surface area contributed by atoms with Gasteiger partial charge in [0.2, 0.25) is 0 Å². The molecule has 1 unspecified atom stereocenters. The molecule has 0 aliphatic heterocycles. The van der Waals surface area contributed by atoms with Crippen molar-refractivity contribution in [3.8, 4) is 11.5 Å². The molecule has 34 heavy (non-hydrogen) atoms. The number of carbonyl (C=O) groups excluding carboxylic acids is 2. The lowest BCUT2D eigenvalue weighted by atomic mass is 9.99. The van der Waals surface area contributed by atoms with Crippen LogP contribution in [-0.4, -0.2) is 34.5 Å². The molecule has 0 amide bonds. The van der Waals surface area contributed by atoms with Gasteiger partial charge in [0, 0.05) is 11.8 Å². The molecule has 1 aliphatic rings. The first-order chi connectivity index (χ1) is 16.2. The smallest absolute Gasteiger partial charge is 0.459 e. The second kappa shape index (κ2) is 11.6. The highest BCUT2D eigenvalue weighted by Crippen LogP contribution is 2.47. The number of ether oxygens (including phenoxy) is 1. The highest BCUT2D eigenvalue weighted by molar-refractivity contribution is 7.52. The number of rotatable bonds is 11. The summed E-state index contributed by atoms with van der Waals surface area (Å²) >= 11 is 0. The van der Waals surface area contributed by atoms with Crippen molar-refractivity contribution in [3.63, 3.8) is 0 Å². The van der Waals surface area contributed by atoms with Crippen LogP contribution < -0.4 is 9.61 Å². The van der Waals surface area contributed by atoms with Gasteiger partial charge in [-0.25, -0.2) is 4.57 Å². The quantitative estimate of drug-likeness (QED) is 0.262. The number of pyridine rings is 1. The number of aromatic hydroxyl groups is 1. The number of hydrogen-bond acceptors (Lipinski definition) is 8. The third kappa shape index (κ3) is 6.65. The van der Waals surface area contributed by atoms with Gasteiger partial charge in [-0.2, -0.15) is 5.09 Å². The van der Waals surface area contributed by atoms with E-state index in [1.54, 1.807) is 51.1 Å². The number of hydrogen-bond donors (Lipinski definition) is 2. The zero-order valence-corrected chi connectivity index (χ0v) is 20.5. The van der Waals surface area contributed by atoms with Crippen molar-refractivity contribution >= 4 is 20.0 Å². The highest BCUT2D eigenvalue weighted by Gasteiger charge is 2.40. The molecule has 3 rings (SSSR count). The fourth-order valence-electron chi connectivity index (χ4n) is 3.88. The largest absolute Gasteiger partial charge is 0.505 e. The van der Waals surface area contributed by atoms with E-state index in [1.165, 1.54) is 6.20 Å². The Labute approximate surface area is 199 Å². The fourth-order valence-corrected chi connectivity index (χ4v) is 5.43. The van der Waals surface area contributed by atoms with Crippen molar-refractivity contribution in [2.45, 2.75) is 65.2 Å². The second-order valence-corrected chi connectivity index (χ2v) is 10.3. The van der Waals surface area contributed by atoms with Gasteiger partial charge < -0.3 is 14.4 Å². The summed E-state index contributed by atoms with van der Waals surface area (Å²) < 4.78 is 30.8. The number of aromatic nitrogens is 1. The fraction of sp³-hybridized carbons (Fsp3) is 0.458. The van der Waals surface area contributed by atoms with E-state index in [0.29, 0.717) is 6.29 Å². The molecule has 1 heterocycles. The van der Waals surface area contributed by atoms with Gasteiger partial charge in [0.25, 0.3) is 0 Å². The predicted octanol–water partition coefficient (Wildman–Crippen LogP) is 4.71. The van der Waals surface area contributed by atoms with Gasteiger partial charge in [-0.3, -0.25) is 19.1 Å². The summed E-state index contributed by atoms with van der Waals surface area (Å²) in [6, 6.07) is 7.55. The van der Waals surface area contributed by atoms with E-state index in [-0.39, 0.29) is 46.9 Å². The summed E-state index contributed by atoms with van der Waals surface area (Å²) in [5.41, 5.74) is 0.509. The van der Waals surface area contributed by atoms with Crippen LogP contribution in [0.15, 0.2) is 36.5 Å². The molecule has 0 radical (unpaired) electrons. The minimum Gasteiger partial charge on any atom is -0.505 e. The standard InChI is InChI=1S/C24H31N2O7P/c1-16(2)32-24(29)22(18-9-7-8-10-18)26-34(30,33-20-11-5-4-6-12-20)31-15-19-13-25-17(3)23(28)21(19)14-27/h4-6,11-14,16,18,22,28H,7-10,15H2,1-3H3,(H,26,30)/t22-,34?/m0/s1. The Kier molecular flexibility index (Phi) is 8.83. The molecule has 9 nitrogen and oxygen atoms in total. The zero-order chi connectivity index (χ0) is 24.7. The van der Waals surface area contributed by atoms with E-state index < -0.39 is 19.8 Å². The van der Waals surface area contributed by atoms with Gasteiger partial charge in [0.05, 0.1) is 24.0 Å². The number of benzene rings is 1. The molecule has 2 N–H and O–H groups in total. The summed E-state index contributed by atoms with van der Waals surface area (Å²) in [6.07, 6.45) is 4.99. The van der Waals surface area contributed by atoms with E-state index in [9.17, 15) is 19.3 Å². The molecule has 0 bridgehead atoms. The highest BCUT2D eigenvalue weighted by atomic mass is 31.2. The van der Waals surface area contributed by atoms with Crippen LogP contribution in [0, 0.1) is 12.8 Å². The van der Waals surface area contributed by atoms with Crippen molar-refractivity contribution in [2.24, 2.45) is 5.92 Å². The van der Waals surface area contributed by atoms with E-state index in [2.05, 4.69) is 10.1 Å². The van der Waals surface area contributed by atoms with Gasteiger partial charge in [-0.1, -0.05) is 31.0 Å². The molecule has 1 fully saturated rings. The number of para-hydroxylation sites is 1. The van der Waals surface area contributed by atoms with Crippen LogP contribution in [0.3, 0.4) is 0 Å². The Morgan fingerprint density at radius 3 is 2.56 bits per heavy atom. The molecule has 0 spiro atoms. The van der Waals surface area contributed by atoms with Crippen LogP contribution in [0.4, 0.5) is 0 Å². The molecule has 2 aromatic rings. The molecular formula is C24H31N2O7P. The van der Waals surface area contributed by atoms with Gasteiger partial charge in [0.15, 0.2) is 6.29 Å². The van der Waals surface area contributed by atoms with Crippen molar-refractivity contribution < 1.29 is 33.0 Å². The molecule has 1 saturated carbocycles. The monoisotopic (exact) mass is 490 g/mol. The molecule has 184 valence electrons. The third-order valence-electron chi connectivity index (χ3n) is 5.61. The van der Waals surface area contributed by atoms with Crippen molar-refractivity contribution in [1.82, 2.24) is 10.1 Å². The second-order valence-electron chi connectivity index (χ2n) is 8.56. The molecule has 1 aromatic heterocycles. The van der Waals surface area contributed by atoms with Gasteiger partial charge in [-0.15, -0.1) is 0 Å². The lowest BCUT2D eigenvalue weighted by molar-refractivity contribution is -0.151. The Morgan fingerprint density at radius 2 is 1.94 bits per heavy atom. The van der Waals surface area contributed by atoms with Gasteiger partial charge in [-0.05, 0) is 51.7 Å². The maximum atomic E-state index is 13.9. The lowest BCUT2D eigenvalue weighted by Gasteiger charge is -2.28. The normalized spacial score (nSPS) is 16.7. The molecule has 2 atom stereocenters. The molecule has 10 heteroatoms. The summed E-state index contributed by atoms with van der Waals surface area (Å²) in [5.74, 6) is -0.600. The maximum absolute atomic E-state index is 13.9. The summed E-state index contributed by atoms with van der Waals surface area (Å²) in [5, 5.41) is 13.0. The number of nitrogens with zero attached hydrogens (tertiary/aromatic N) is 1. The number of nitrogens with one attached hydrogen (secondary N) is 1. The van der Waals surface area contributed by atoms with Crippen molar-refractivity contribution in [3.05, 3.63) is 53.3 Å². The Bertz CT molecular complexity index is 1040. The number of aryl methyl sites for hydroxylation is 1. The molecular weight excluding hydrogens is 459 g/mol. The number of esters is 1. The van der Waals surface area contributed by atoms with Crippen LogP contribution in [-0.2, 0) is 25.2 Å². The average molecular weight is 490 g/mol. The van der Waals surface area contributed by atoms with E-state index >= 15 is 0 Å². The molecule has 1 aromatic carbocycles. The summed E-state index contributed by atoms with van der Waals surface area (Å²) in [7, 11) is -4.15. The Hall–Kier alpha value is -2.74. The summed E-state index contributed by atoms with van der Waals surface area (Å²) in [4.78, 5) is 28.5. The first-order valence-electron chi connectivity index (χ1n) is 11.3. The minimum absolute atomic E-state index is 0.00896. The van der Waals surface area contributed by atoms with Gasteiger partial charge >= 0.3 is 13.7 Å². The van der Waals surface area contributed by atoms with E-state index in [4.69, 9.17) is 13.8 Å². The van der Waals surface area contributed by atoms with Crippen LogP contribution in [0.5, 0.6) is 11.5 Å².